The van der Waals surface area contributed by atoms with Crippen LogP contribution in [0.2, 0.25) is 0 Å². The summed E-state index contributed by atoms with van der Waals surface area (Å²) in [6.45, 7) is 0. The van der Waals surface area contributed by atoms with E-state index in [1.807, 2.05) is 0 Å². The van der Waals surface area contributed by atoms with Gasteiger partial charge in [-0.25, -0.2) is 18.2 Å². The van der Waals surface area contributed by atoms with E-state index in [0.29, 0.717) is 21.8 Å². The first-order valence-corrected chi connectivity index (χ1v) is 10.1. The molecule has 134 valence electrons. The van der Waals surface area contributed by atoms with Gasteiger partial charge in [-0.1, -0.05) is 11.3 Å². The SMILES string of the molecule is COC(=O)c1ccc2nc(NC(=O)c3ccc(S(C)(=O)=O)cc3)sc2c1. The summed E-state index contributed by atoms with van der Waals surface area (Å²) in [4.78, 5) is 28.3. The van der Waals surface area contributed by atoms with E-state index in [0.717, 1.165) is 11.0 Å². The third-order valence-electron chi connectivity index (χ3n) is 3.57. The predicted octanol–water partition coefficient (Wildman–Crippen LogP) is 2.74. The summed E-state index contributed by atoms with van der Waals surface area (Å²) in [7, 11) is -2.01. The molecule has 0 unspecified atom stereocenters. The number of amides is 1. The number of hydrogen-bond donors (Lipinski definition) is 1. The third kappa shape index (κ3) is 3.73. The number of sulfone groups is 1. The normalized spacial score (nSPS) is 11.3. The van der Waals surface area contributed by atoms with Crippen molar-refractivity contribution in [3.63, 3.8) is 0 Å². The Bertz CT molecular complexity index is 1100. The smallest absolute Gasteiger partial charge is 0.337 e. The zero-order chi connectivity index (χ0) is 18.9. The van der Waals surface area contributed by atoms with Crippen molar-refractivity contribution >= 4 is 48.4 Å². The number of fused-ring (bicyclic) bond motifs is 1. The zero-order valence-electron chi connectivity index (χ0n) is 13.8. The van der Waals surface area contributed by atoms with Crippen molar-refractivity contribution in [2.24, 2.45) is 0 Å². The van der Waals surface area contributed by atoms with E-state index in [4.69, 9.17) is 0 Å². The summed E-state index contributed by atoms with van der Waals surface area (Å²) >= 11 is 1.22. The van der Waals surface area contributed by atoms with Crippen molar-refractivity contribution in [1.82, 2.24) is 4.98 Å². The van der Waals surface area contributed by atoms with Crippen LogP contribution in [-0.4, -0.2) is 38.6 Å². The maximum atomic E-state index is 12.3. The summed E-state index contributed by atoms with van der Waals surface area (Å²) in [5, 5.41) is 3.05. The fraction of sp³-hybridized carbons (Fsp3) is 0.118. The number of hydrogen-bond acceptors (Lipinski definition) is 7. The van der Waals surface area contributed by atoms with Crippen molar-refractivity contribution in [3.8, 4) is 0 Å². The summed E-state index contributed by atoms with van der Waals surface area (Å²) in [6, 6.07) is 10.6. The van der Waals surface area contributed by atoms with Gasteiger partial charge in [0.25, 0.3) is 5.91 Å². The standard InChI is InChI=1S/C17H14N2O5S2/c1-24-16(21)11-5-8-13-14(9-11)25-17(18-13)19-15(20)10-3-6-12(7-4-10)26(2,22)23/h3-9H,1-2H3,(H,18,19,20). The lowest BCUT2D eigenvalue weighted by Gasteiger charge is -2.03. The molecule has 0 bridgehead atoms. The van der Waals surface area contributed by atoms with Crippen molar-refractivity contribution in [1.29, 1.82) is 0 Å². The van der Waals surface area contributed by atoms with Gasteiger partial charge in [0.05, 0.1) is 27.8 Å². The number of benzene rings is 2. The van der Waals surface area contributed by atoms with Crippen molar-refractivity contribution < 1.29 is 22.7 Å². The average molecular weight is 390 g/mol. The molecule has 1 amide bonds. The molecule has 3 aromatic rings. The van der Waals surface area contributed by atoms with Crippen LogP contribution >= 0.6 is 11.3 Å². The summed E-state index contributed by atoms with van der Waals surface area (Å²) < 4.78 is 28.3. The molecule has 0 aliphatic rings. The first-order chi connectivity index (χ1) is 12.3. The van der Waals surface area contributed by atoms with Crippen molar-refractivity contribution in [2.75, 3.05) is 18.7 Å². The highest BCUT2D eigenvalue weighted by Crippen LogP contribution is 2.27. The van der Waals surface area contributed by atoms with E-state index < -0.39 is 21.7 Å². The van der Waals surface area contributed by atoms with E-state index in [-0.39, 0.29) is 4.90 Å². The molecule has 0 radical (unpaired) electrons. The van der Waals surface area contributed by atoms with E-state index >= 15 is 0 Å². The Kier molecular flexibility index (Phi) is 4.75. The minimum absolute atomic E-state index is 0.143. The van der Waals surface area contributed by atoms with E-state index in [9.17, 15) is 18.0 Å². The molecule has 0 fully saturated rings. The van der Waals surface area contributed by atoms with Crippen LogP contribution < -0.4 is 5.32 Å². The molecule has 0 aliphatic carbocycles. The van der Waals surface area contributed by atoms with Crippen LogP contribution in [0.15, 0.2) is 47.4 Å². The Labute approximate surface area is 153 Å². The number of carbonyl (C=O) groups is 2. The fourth-order valence-corrected chi connectivity index (χ4v) is 3.78. The van der Waals surface area contributed by atoms with Gasteiger partial charge in [0.2, 0.25) is 0 Å². The van der Waals surface area contributed by atoms with Crippen LogP contribution in [0.3, 0.4) is 0 Å². The molecule has 0 saturated carbocycles. The number of carbonyl (C=O) groups excluding carboxylic acids is 2. The molecule has 1 heterocycles. The molecule has 0 spiro atoms. The van der Waals surface area contributed by atoms with Gasteiger partial charge >= 0.3 is 5.97 Å². The molecule has 9 heteroatoms. The van der Waals surface area contributed by atoms with Crippen LogP contribution in [0.1, 0.15) is 20.7 Å². The van der Waals surface area contributed by atoms with Crippen LogP contribution in [0, 0.1) is 0 Å². The molecule has 7 nitrogen and oxygen atoms in total. The van der Waals surface area contributed by atoms with Crippen molar-refractivity contribution in [3.05, 3.63) is 53.6 Å². The van der Waals surface area contributed by atoms with Gasteiger partial charge in [-0.15, -0.1) is 0 Å². The number of anilines is 1. The van der Waals surface area contributed by atoms with Gasteiger partial charge in [-0.2, -0.15) is 0 Å². The van der Waals surface area contributed by atoms with Gasteiger partial charge in [0, 0.05) is 11.8 Å². The number of ether oxygens (including phenoxy) is 1. The first kappa shape index (κ1) is 18.0. The van der Waals surface area contributed by atoms with Crippen LogP contribution in [0.4, 0.5) is 5.13 Å². The molecule has 2 aromatic carbocycles. The number of esters is 1. The predicted molar refractivity (Wildman–Crippen MR) is 98.5 cm³/mol. The summed E-state index contributed by atoms with van der Waals surface area (Å²) in [5.74, 6) is -0.853. The summed E-state index contributed by atoms with van der Waals surface area (Å²) in [6.07, 6.45) is 1.10. The Balaban J connectivity index is 1.82. The minimum atomic E-state index is -3.31. The Morgan fingerprint density at radius 3 is 2.35 bits per heavy atom. The highest BCUT2D eigenvalue weighted by atomic mass is 32.2. The quantitative estimate of drug-likeness (QED) is 0.687. The lowest BCUT2D eigenvalue weighted by molar-refractivity contribution is 0.0601. The first-order valence-electron chi connectivity index (χ1n) is 7.38. The molecule has 1 aromatic heterocycles. The fourth-order valence-electron chi connectivity index (χ4n) is 2.25. The second kappa shape index (κ2) is 6.85. The van der Waals surface area contributed by atoms with Gasteiger partial charge in [-0.05, 0) is 42.5 Å². The maximum absolute atomic E-state index is 12.3. The van der Waals surface area contributed by atoms with Crippen LogP contribution in [-0.2, 0) is 14.6 Å². The molecule has 0 aliphatic heterocycles. The van der Waals surface area contributed by atoms with Crippen LogP contribution in [0.25, 0.3) is 10.2 Å². The number of rotatable bonds is 4. The molecule has 0 atom stereocenters. The molecular weight excluding hydrogens is 376 g/mol. The Morgan fingerprint density at radius 1 is 1.08 bits per heavy atom. The van der Waals surface area contributed by atoms with Gasteiger partial charge < -0.3 is 4.74 Å². The third-order valence-corrected chi connectivity index (χ3v) is 5.64. The molecular formula is C17H14N2O5S2. The number of nitrogens with zero attached hydrogens (tertiary/aromatic N) is 1. The highest BCUT2D eigenvalue weighted by molar-refractivity contribution is 7.90. The van der Waals surface area contributed by atoms with Gasteiger partial charge in [0.1, 0.15) is 0 Å². The van der Waals surface area contributed by atoms with Gasteiger partial charge in [-0.3, -0.25) is 10.1 Å². The lowest BCUT2D eigenvalue weighted by atomic mass is 10.2. The van der Waals surface area contributed by atoms with E-state index in [1.165, 1.54) is 42.7 Å². The number of aromatic nitrogens is 1. The molecule has 3 rings (SSSR count). The minimum Gasteiger partial charge on any atom is -0.465 e. The molecule has 1 N–H and O–H groups in total. The van der Waals surface area contributed by atoms with E-state index in [1.54, 1.807) is 18.2 Å². The average Bonchev–Trinajstić information content (AvgIpc) is 3.01. The number of methoxy groups -OCH3 is 1. The lowest BCUT2D eigenvalue weighted by Crippen LogP contribution is -2.11. The maximum Gasteiger partial charge on any atom is 0.337 e. The Morgan fingerprint density at radius 2 is 1.73 bits per heavy atom. The summed E-state index contributed by atoms with van der Waals surface area (Å²) in [5.41, 5.74) is 1.36. The molecule has 0 saturated heterocycles. The van der Waals surface area contributed by atoms with Crippen LogP contribution in [0.5, 0.6) is 0 Å². The number of nitrogens with one attached hydrogen (secondary N) is 1. The van der Waals surface area contributed by atoms with Crippen molar-refractivity contribution in [2.45, 2.75) is 4.90 Å². The van der Waals surface area contributed by atoms with Gasteiger partial charge in [0.15, 0.2) is 15.0 Å². The second-order valence-corrected chi connectivity index (χ2v) is 8.49. The Hall–Kier alpha value is -2.78. The van der Waals surface area contributed by atoms with E-state index in [2.05, 4.69) is 15.0 Å². The second-order valence-electron chi connectivity index (χ2n) is 5.44. The number of thiazole rings is 1. The highest BCUT2D eigenvalue weighted by Gasteiger charge is 2.13. The molecule has 26 heavy (non-hydrogen) atoms. The largest absolute Gasteiger partial charge is 0.465 e. The monoisotopic (exact) mass is 390 g/mol. The topological polar surface area (TPSA) is 102 Å². The zero-order valence-corrected chi connectivity index (χ0v) is 15.5.